The normalized spacial score (nSPS) is 18.9. The lowest BCUT2D eigenvalue weighted by atomic mass is 9.80. The first-order chi connectivity index (χ1) is 15.2. The number of ether oxygens (including phenoxy) is 3. The molecule has 6 heteroatoms. The van der Waals surface area contributed by atoms with Crippen LogP contribution in [0.2, 0.25) is 0 Å². The van der Waals surface area contributed by atoms with Gasteiger partial charge in [0.25, 0.3) is 6.02 Å². The number of amidine groups is 1. The summed E-state index contributed by atoms with van der Waals surface area (Å²) in [6.45, 7) is 9.41. The Morgan fingerprint density at radius 2 is 1.81 bits per heavy atom. The van der Waals surface area contributed by atoms with E-state index in [1.54, 1.807) is 6.20 Å². The van der Waals surface area contributed by atoms with Crippen molar-refractivity contribution in [2.45, 2.75) is 33.2 Å². The summed E-state index contributed by atoms with van der Waals surface area (Å²) in [6, 6.07) is 14.2. The number of hydrogen-bond acceptors (Lipinski definition) is 6. The summed E-state index contributed by atoms with van der Waals surface area (Å²) in [4.78, 5) is 9.09. The third-order valence-electron chi connectivity index (χ3n) is 5.79. The molecule has 0 saturated heterocycles. The number of nitrogens with zero attached hydrogens (tertiary/aromatic N) is 2. The second kappa shape index (κ2) is 7.26. The second-order valence-electron chi connectivity index (χ2n) is 9.61. The van der Waals surface area contributed by atoms with Gasteiger partial charge in [-0.2, -0.15) is 0 Å². The Morgan fingerprint density at radius 3 is 2.50 bits per heavy atom. The molecular formula is C26H27N3O3. The summed E-state index contributed by atoms with van der Waals surface area (Å²) < 4.78 is 18.1. The zero-order valence-corrected chi connectivity index (χ0v) is 18.8. The van der Waals surface area contributed by atoms with Gasteiger partial charge in [-0.05, 0) is 59.9 Å². The molecule has 1 spiro atoms. The van der Waals surface area contributed by atoms with Crippen LogP contribution in [0.1, 0.15) is 37.5 Å². The van der Waals surface area contributed by atoms with Crippen molar-refractivity contribution in [3.8, 4) is 28.4 Å². The van der Waals surface area contributed by atoms with Crippen LogP contribution < -0.4 is 15.2 Å². The summed E-state index contributed by atoms with van der Waals surface area (Å²) in [5, 5.41) is 0. The van der Waals surface area contributed by atoms with Crippen LogP contribution in [0.5, 0.6) is 17.2 Å². The van der Waals surface area contributed by atoms with Gasteiger partial charge in [0, 0.05) is 29.1 Å². The summed E-state index contributed by atoms with van der Waals surface area (Å²) in [5.74, 6) is 2.24. The lowest BCUT2D eigenvalue weighted by Crippen LogP contribution is -2.31. The van der Waals surface area contributed by atoms with Crippen molar-refractivity contribution in [2.75, 3.05) is 13.2 Å². The minimum absolute atomic E-state index is 0.0478. The molecule has 0 bridgehead atoms. The second-order valence-corrected chi connectivity index (χ2v) is 9.61. The van der Waals surface area contributed by atoms with E-state index in [0.717, 1.165) is 45.1 Å². The molecule has 164 valence electrons. The van der Waals surface area contributed by atoms with Crippen LogP contribution in [0.25, 0.3) is 11.1 Å². The van der Waals surface area contributed by atoms with E-state index < -0.39 is 5.54 Å². The van der Waals surface area contributed by atoms with Gasteiger partial charge >= 0.3 is 0 Å². The van der Waals surface area contributed by atoms with Gasteiger partial charge in [-0.25, -0.2) is 4.99 Å². The van der Waals surface area contributed by atoms with Gasteiger partial charge < -0.3 is 19.9 Å². The van der Waals surface area contributed by atoms with Gasteiger partial charge in [0.05, 0.1) is 6.61 Å². The van der Waals surface area contributed by atoms with Crippen molar-refractivity contribution >= 4 is 6.02 Å². The quantitative estimate of drug-likeness (QED) is 0.621. The van der Waals surface area contributed by atoms with Crippen LogP contribution in [0, 0.1) is 12.3 Å². The Morgan fingerprint density at radius 1 is 1.06 bits per heavy atom. The Labute approximate surface area is 188 Å². The number of aryl methyl sites for hydroxylation is 1. The maximum atomic E-state index is 6.28. The molecule has 0 aliphatic carbocycles. The van der Waals surface area contributed by atoms with E-state index in [2.05, 4.69) is 38.7 Å². The zero-order valence-electron chi connectivity index (χ0n) is 18.8. The monoisotopic (exact) mass is 429 g/mol. The highest BCUT2D eigenvalue weighted by atomic mass is 16.5. The first kappa shape index (κ1) is 20.4. The molecule has 3 heterocycles. The highest BCUT2D eigenvalue weighted by molar-refractivity contribution is 5.78. The molecule has 2 aliphatic rings. The highest BCUT2D eigenvalue weighted by Crippen LogP contribution is 2.52. The number of rotatable bonds is 3. The largest absolute Gasteiger partial charge is 0.493 e. The number of nitrogens with two attached hydrogens (primary N) is 1. The van der Waals surface area contributed by atoms with E-state index in [9.17, 15) is 0 Å². The van der Waals surface area contributed by atoms with Gasteiger partial charge in [0.2, 0.25) is 0 Å². The van der Waals surface area contributed by atoms with Gasteiger partial charge in [0.1, 0.15) is 23.9 Å². The van der Waals surface area contributed by atoms with E-state index in [1.807, 2.05) is 42.6 Å². The maximum Gasteiger partial charge on any atom is 0.283 e. The highest BCUT2D eigenvalue weighted by Gasteiger charge is 2.47. The molecule has 5 rings (SSSR count). The molecule has 1 aromatic heterocycles. The molecule has 0 saturated carbocycles. The molecular weight excluding hydrogens is 402 g/mol. The Hall–Kier alpha value is -3.54. The molecule has 32 heavy (non-hydrogen) atoms. The minimum atomic E-state index is -0.791. The molecule has 1 atom stereocenters. The van der Waals surface area contributed by atoms with Crippen LogP contribution >= 0.6 is 0 Å². The predicted molar refractivity (Wildman–Crippen MR) is 124 cm³/mol. The van der Waals surface area contributed by atoms with Crippen molar-refractivity contribution in [3.63, 3.8) is 0 Å². The number of benzene rings is 2. The standard InChI is InChI=1S/C26H27N3O3/c1-16-9-10-28-13-19(16)17-5-7-22-20(11-17)26(15-31-24(27)29-26)21-12-18(6-8-23(21)32-22)30-14-25(2,3)4/h5-13H,14-15H2,1-4H3,(H2,27,29)/t26-/m0/s1. The molecule has 3 aromatic rings. The molecule has 0 fully saturated rings. The lowest BCUT2D eigenvalue weighted by molar-refractivity contribution is 0.197. The predicted octanol–water partition coefficient (Wildman–Crippen LogP) is 5.18. The SMILES string of the molecule is Cc1ccncc1-c1ccc2c(c1)[C@@]1(COC(N)=N1)c1cc(OCC(C)(C)C)ccc1O2. The Bertz CT molecular complexity index is 1230. The summed E-state index contributed by atoms with van der Waals surface area (Å²) >= 11 is 0. The van der Waals surface area contributed by atoms with E-state index in [1.165, 1.54) is 0 Å². The van der Waals surface area contributed by atoms with E-state index >= 15 is 0 Å². The number of aromatic nitrogens is 1. The molecule has 0 radical (unpaired) electrons. The van der Waals surface area contributed by atoms with E-state index in [4.69, 9.17) is 24.9 Å². The average molecular weight is 430 g/mol. The number of aliphatic imine (C=N–C) groups is 1. The van der Waals surface area contributed by atoms with Crippen molar-refractivity contribution in [2.24, 2.45) is 16.1 Å². The maximum absolute atomic E-state index is 6.28. The number of hydrogen-bond donors (Lipinski definition) is 1. The molecule has 6 nitrogen and oxygen atoms in total. The third-order valence-corrected chi connectivity index (χ3v) is 5.79. The first-order valence-corrected chi connectivity index (χ1v) is 10.7. The number of fused-ring (bicyclic) bond motifs is 4. The summed E-state index contributed by atoms with van der Waals surface area (Å²) in [7, 11) is 0. The van der Waals surface area contributed by atoms with Gasteiger partial charge in [-0.3, -0.25) is 4.98 Å². The van der Waals surface area contributed by atoms with Gasteiger partial charge in [0.15, 0.2) is 5.54 Å². The fourth-order valence-corrected chi connectivity index (χ4v) is 4.16. The van der Waals surface area contributed by atoms with Crippen LogP contribution in [0.3, 0.4) is 0 Å². The van der Waals surface area contributed by atoms with Crippen LogP contribution in [0.15, 0.2) is 59.9 Å². The lowest BCUT2D eigenvalue weighted by Gasteiger charge is -2.34. The minimum Gasteiger partial charge on any atom is -0.493 e. The van der Waals surface area contributed by atoms with E-state index in [0.29, 0.717) is 13.2 Å². The average Bonchev–Trinajstić information content (AvgIpc) is 3.15. The smallest absolute Gasteiger partial charge is 0.283 e. The fourth-order valence-electron chi connectivity index (χ4n) is 4.16. The zero-order chi connectivity index (χ0) is 22.5. The first-order valence-electron chi connectivity index (χ1n) is 10.7. The summed E-state index contributed by atoms with van der Waals surface area (Å²) in [5.41, 5.74) is 10.3. The molecule has 0 unspecified atom stereocenters. The topological polar surface area (TPSA) is 79.0 Å². The van der Waals surface area contributed by atoms with Crippen LogP contribution in [-0.2, 0) is 10.3 Å². The van der Waals surface area contributed by atoms with Crippen LogP contribution in [0.4, 0.5) is 0 Å². The fraction of sp³-hybridized carbons (Fsp3) is 0.308. The Balaban J connectivity index is 1.64. The van der Waals surface area contributed by atoms with Gasteiger partial charge in [-0.15, -0.1) is 0 Å². The molecule has 0 amide bonds. The van der Waals surface area contributed by atoms with Crippen molar-refractivity contribution < 1.29 is 14.2 Å². The Kier molecular flexibility index (Phi) is 4.62. The third kappa shape index (κ3) is 3.45. The van der Waals surface area contributed by atoms with Gasteiger partial charge in [-0.1, -0.05) is 26.8 Å². The molecule has 2 aromatic carbocycles. The van der Waals surface area contributed by atoms with E-state index in [-0.39, 0.29) is 11.4 Å². The number of pyridine rings is 1. The van der Waals surface area contributed by atoms with Crippen LogP contribution in [-0.4, -0.2) is 24.2 Å². The molecule has 2 N–H and O–H groups in total. The van der Waals surface area contributed by atoms with Crippen molar-refractivity contribution in [3.05, 3.63) is 71.5 Å². The van der Waals surface area contributed by atoms with Crippen molar-refractivity contribution in [1.29, 1.82) is 0 Å². The molecule has 2 aliphatic heterocycles. The van der Waals surface area contributed by atoms with Crippen molar-refractivity contribution in [1.82, 2.24) is 4.98 Å². The summed E-state index contributed by atoms with van der Waals surface area (Å²) in [6.07, 6.45) is 3.68.